The van der Waals surface area contributed by atoms with Crippen LogP contribution in [-0.4, -0.2) is 27.0 Å². The van der Waals surface area contributed by atoms with Crippen LogP contribution in [0.25, 0.3) is 0 Å². The molecule has 2 aromatic rings. The highest BCUT2D eigenvalue weighted by molar-refractivity contribution is 7.93. The fraction of sp³-hybridized carbons (Fsp3) is 0.143. The molecule has 0 fully saturated rings. The Labute approximate surface area is 139 Å². The van der Waals surface area contributed by atoms with Crippen LogP contribution >= 0.6 is 0 Å². The number of phenolic OH excluding ortho intramolecular Hbond substituents is 1. The van der Waals surface area contributed by atoms with Gasteiger partial charge >= 0.3 is 6.36 Å². The third-order valence-electron chi connectivity index (χ3n) is 2.88. The van der Waals surface area contributed by atoms with Gasteiger partial charge in [-0.2, -0.15) is 0 Å². The summed E-state index contributed by atoms with van der Waals surface area (Å²) in [5.74, 6) is -3.53. The second kappa shape index (κ2) is 6.67. The lowest BCUT2D eigenvalue weighted by atomic mass is 10.3. The summed E-state index contributed by atoms with van der Waals surface area (Å²) in [6.45, 7) is 0. The largest absolute Gasteiger partial charge is 0.573 e. The van der Waals surface area contributed by atoms with Crippen molar-refractivity contribution in [2.75, 3.05) is 11.8 Å². The van der Waals surface area contributed by atoms with Gasteiger partial charge in [-0.1, -0.05) is 12.1 Å². The Morgan fingerprint density at radius 2 is 1.68 bits per heavy atom. The summed E-state index contributed by atoms with van der Waals surface area (Å²) in [7, 11) is -3.67. The molecule has 0 spiro atoms. The van der Waals surface area contributed by atoms with Crippen LogP contribution in [0.15, 0.2) is 41.3 Å². The maximum atomic E-state index is 14.1. The number of nitrogens with one attached hydrogen (secondary N) is 1. The number of methoxy groups -OCH3 is 1. The van der Waals surface area contributed by atoms with Crippen molar-refractivity contribution in [3.05, 3.63) is 42.2 Å². The van der Waals surface area contributed by atoms with Gasteiger partial charge < -0.3 is 14.6 Å². The van der Waals surface area contributed by atoms with Crippen LogP contribution in [-0.2, 0) is 10.0 Å². The average Bonchev–Trinajstić information content (AvgIpc) is 2.47. The van der Waals surface area contributed by atoms with Crippen LogP contribution in [0.5, 0.6) is 17.2 Å². The van der Waals surface area contributed by atoms with Crippen LogP contribution < -0.4 is 14.2 Å². The highest BCUT2D eigenvalue weighted by atomic mass is 32.2. The second-order valence-corrected chi connectivity index (χ2v) is 6.20. The number of anilines is 1. The van der Waals surface area contributed by atoms with Gasteiger partial charge in [-0.25, -0.2) is 12.8 Å². The summed E-state index contributed by atoms with van der Waals surface area (Å²) in [6.07, 6.45) is -5.20. The van der Waals surface area contributed by atoms with Gasteiger partial charge in [0.25, 0.3) is 10.0 Å². The smallest absolute Gasteiger partial charge is 0.506 e. The summed E-state index contributed by atoms with van der Waals surface area (Å²) in [4.78, 5) is -1.19. The summed E-state index contributed by atoms with van der Waals surface area (Å²) >= 11 is 0. The maximum Gasteiger partial charge on any atom is 0.573 e. The van der Waals surface area contributed by atoms with Gasteiger partial charge in [-0.15, -0.1) is 13.2 Å². The van der Waals surface area contributed by atoms with E-state index in [9.17, 15) is 31.1 Å². The first kappa shape index (κ1) is 18.6. The van der Waals surface area contributed by atoms with Gasteiger partial charge in [0.2, 0.25) is 0 Å². The van der Waals surface area contributed by atoms with Crippen molar-refractivity contribution in [2.24, 2.45) is 0 Å². The predicted octanol–water partition coefficient (Wildman–Crippen LogP) is 3.24. The molecule has 0 saturated carbocycles. The molecule has 0 aromatic heterocycles. The molecule has 136 valence electrons. The molecule has 0 heterocycles. The Hall–Kier alpha value is -2.69. The Balaban J connectivity index is 2.51. The zero-order valence-electron chi connectivity index (χ0n) is 12.5. The van der Waals surface area contributed by atoms with E-state index in [4.69, 9.17) is 0 Å². The Morgan fingerprint density at radius 3 is 2.28 bits per heavy atom. The minimum absolute atomic E-state index is 0.288. The van der Waals surface area contributed by atoms with E-state index in [-0.39, 0.29) is 5.75 Å². The molecule has 0 aliphatic rings. The molecule has 25 heavy (non-hydrogen) atoms. The van der Waals surface area contributed by atoms with E-state index < -0.39 is 44.3 Å². The zero-order chi connectivity index (χ0) is 18.8. The van der Waals surface area contributed by atoms with Crippen molar-refractivity contribution in [1.82, 2.24) is 0 Å². The van der Waals surface area contributed by atoms with E-state index in [1.165, 1.54) is 12.1 Å². The Morgan fingerprint density at radius 1 is 1.08 bits per heavy atom. The van der Waals surface area contributed by atoms with Gasteiger partial charge in [0.1, 0.15) is 5.75 Å². The van der Waals surface area contributed by atoms with E-state index in [2.05, 4.69) is 9.47 Å². The van der Waals surface area contributed by atoms with E-state index in [0.717, 1.165) is 25.3 Å². The molecule has 11 heteroatoms. The van der Waals surface area contributed by atoms with Crippen LogP contribution in [0, 0.1) is 5.82 Å². The number of ether oxygens (including phenoxy) is 2. The fourth-order valence-corrected chi connectivity index (χ4v) is 3.19. The highest BCUT2D eigenvalue weighted by Crippen LogP contribution is 2.37. The molecule has 0 bridgehead atoms. The number of phenols is 1. The topological polar surface area (TPSA) is 84.9 Å². The Bertz CT molecular complexity index is 883. The second-order valence-electron chi connectivity index (χ2n) is 4.58. The van der Waals surface area contributed by atoms with Gasteiger partial charge in [0, 0.05) is 0 Å². The number of hydrogen-bond donors (Lipinski definition) is 2. The highest BCUT2D eigenvalue weighted by Gasteiger charge is 2.35. The molecule has 0 aliphatic heterocycles. The number of alkyl halides is 3. The monoisotopic (exact) mass is 381 g/mol. The van der Waals surface area contributed by atoms with Crippen molar-refractivity contribution < 1.29 is 40.6 Å². The molecular weight excluding hydrogens is 370 g/mol. The molecule has 0 unspecified atom stereocenters. The van der Waals surface area contributed by atoms with Gasteiger partial charge in [0.15, 0.2) is 22.2 Å². The molecule has 0 atom stereocenters. The molecule has 6 nitrogen and oxygen atoms in total. The van der Waals surface area contributed by atoms with Crippen LogP contribution in [0.1, 0.15) is 0 Å². The molecule has 2 N–H and O–H groups in total. The maximum absolute atomic E-state index is 14.1. The standard InChI is InChI=1S/C14H11F4NO5S/c1-23-10-6-2-4-8(12(10)15)19-25(21,22)13-9(20)5-3-7-11(13)24-14(16,17)18/h2-7,19-20H,1H3. The van der Waals surface area contributed by atoms with Crippen LogP contribution in [0.3, 0.4) is 0 Å². The quantitative estimate of drug-likeness (QED) is 0.777. The van der Waals surface area contributed by atoms with Crippen molar-refractivity contribution in [3.8, 4) is 17.2 Å². The lowest BCUT2D eigenvalue weighted by Crippen LogP contribution is -2.21. The van der Waals surface area contributed by atoms with E-state index in [1.54, 1.807) is 4.72 Å². The molecule has 0 aliphatic carbocycles. The summed E-state index contributed by atoms with van der Waals surface area (Å²) < 4.78 is 86.1. The number of rotatable bonds is 5. The average molecular weight is 381 g/mol. The van der Waals surface area contributed by atoms with E-state index in [1.807, 2.05) is 0 Å². The van der Waals surface area contributed by atoms with Gasteiger partial charge in [-0.3, -0.25) is 4.72 Å². The Kier molecular flexibility index (Phi) is 4.97. The normalized spacial score (nSPS) is 11.9. The molecule has 0 radical (unpaired) electrons. The van der Waals surface area contributed by atoms with Gasteiger partial charge in [0.05, 0.1) is 12.8 Å². The van der Waals surface area contributed by atoms with Crippen LogP contribution in [0.4, 0.5) is 23.2 Å². The summed E-state index contributed by atoms with van der Waals surface area (Å²) in [6, 6.07) is 6.01. The lowest BCUT2D eigenvalue weighted by Gasteiger charge is -2.16. The first-order valence-electron chi connectivity index (χ1n) is 6.48. The molecule has 0 saturated heterocycles. The van der Waals surface area contributed by atoms with Crippen molar-refractivity contribution >= 4 is 15.7 Å². The summed E-state index contributed by atoms with van der Waals surface area (Å²) in [5.41, 5.74) is -0.583. The zero-order valence-corrected chi connectivity index (χ0v) is 13.3. The fourth-order valence-electron chi connectivity index (χ4n) is 1.92. The SMILES string of the molecule is COc1cccc(NS(=O)(=O)c2c(O)cccc2OC(F)(F)F)c1F. The van der Waals surface area contributed by atoms with E-state index >= 15 is 0 Å². The number of benzene rings is 2. The first-order valence-corrected chi connectivity index (χ1v) is 7.96. The minimum atomic E-state index is -5.20. The van der Waals surface area contributed by atoms with Crippen LogP contribution in [0.2, 0.25) is 0 Å². The molecular formula is C14H11F4NO5S. The van der Waals surface area contributed by atoms with Crippen molar-refractivity contribution in [3.63, 3.8) is 0 Å². The number of hydrogen-bond acceptors (Lipinski definition) is 5. The lowest BCUT2D eigenvalue weighted by molar-refractivity contribution is -0.275. The molecule has 2 aromatic carbocycles. The third-order valence-corrected chi connectivity index (χ3v) is 4.32. The van der Waals surface area contributed by atoms with Crippen molar-refractivity contribution in [2.45, 2.75) is 11.3 Å². The molecule has 2 rings (SSSR count). The van der Waals surface area contributed by atoms with E-state index in [0.29, 0.717) is 6.07 Å². The van der Waals surface area contributed by atoms with Crippen molar-refractivity contribution in [1.29, 1.82) is 0 Å². The molecule has 0 amide bonds. The predicted molar refractivity (Wildman–Crippen MR) is 78.6 cm³/mol. The summed E-state index contributed by atoms with van der Waals surface area (Å²) in [5, 5.41) is 9.69. The number of halogens is 4. The van der Waals surface area contributed by atoms with Gasteiger partial charge in [-0.05, 0) is 24.3 Å². The third kappa shape index (κ3) is 4.24. The minimum Gasteiger partial charge on any atom is -0.506 e. The number of aromatic hydroxyl groups is 1. The number of sulfonamides is 1. The first-order chi connectivity index (χ1) is 11.5.